The van der Waals surface area contributed by atoms with E-state index in [0.717, 1.165) is 0 Å². The number of hydrogen-bond donors (Lipinski definition) is 2. The third-order valence-electron chi connectivity index (χ3n) is 2.85. The highest BCUT2D eigenvalue weighted by Crippen LogP contribution is 2.60. The smallest absolute Gasteiger partial charge is 0.460 e. The van der Waals surface area contributed by atoms with Crippen LogP contribution in [0.5, 0.6) is 0 Å². The molecule has 0 aromatic heterocycles. The van der Waals surface area contributed by atoms with Gasteiger partial charge in [0.2, 0.25) is 0 Å². The van der Waals surface area contributed by atoms with E-state index in [4.69, 9.17) is 10.2 Å². The number of hydrogen-bond acceptors (Lipinski definition) is 2. The van der Waals surface area contributed by atoms with Crippen LogP contribution in [-0.4, -0.2) is 58.1 Å². The molecule has 0 aliphatic heterocycles. The Morgan fingerprint density at radius 2 is 1.00 bits per heavy atom. The molecule has 0 spiro atoms. The van der Waals surface area contributed by atoms with Crippen LogP contribution in [0.25, 0.3) is 0 Å². The van der Waals surface area contributed by atoms with Gasteiger partial charge in [-0.25, -0.2) is 4.79 Å². The van der Waals surface area contributed by atoms with Crippen LogP contribution in [0.15, 0.2) is 12.2 Å². The zero-order chi connectivity index (χ0) is 23.7. The number of rotatable bonds is 6. The SMILES string of the molecule is C=C(C)C(=O)O.CC(O)C(F)(F)C(F)(F)C(F)(F)C(F)(F)C(F)(F)C(F)(F)F. The predicted molar refractivity (Wildman–Crippen MR) is 64.9 cm³/mol. The molecule has 0 aliphatic carbocycles. The molecule has 3 nitrogen and oxygen atoms in total. The van der Waals surface area contributed by atoms with Gasteiger partial charge < -0.3 is 10.2 Å². The Kier molecular flexibility index (Phi) is 8.08. The second-order valence-electron chi connectivity index (χ2n) is 5.18. The normalized spacial score (nSPS) is 15.4. The molecule has 0 aliphatic rings. The molecule has 1 atom stereocenters. The minimum absolute atomic E-state index is 0.176. The Bertz CT molecular complexity index is 566. The summed E-state index contributed by atoms with van der Waals surface area (Å²) in [6, 6.07) is 0. The summed E-state index contributed by atoms with van der Waals surface area (Å²) >= 11 is 0. The largest absolute Gasteiger partial charge is 0.478 e. The zero-order valence-electron chi connectivity index (χ0n) is 13.5. The lowest BCUT2D eigenvalue weighted by Gasteiger charge is -2.40. The summed E-state index contributed by atoms with van der Waals surface area (Å²) in [5.41, 5.74) is 0.176. The standard InChI is InChI=1S/C8H5F13O.C4H6O2/c1-2(22)3(9,10)4(11,12)5(13,14)6(15,16)7(17,18)8(19,20)21;1-3(2)4(5)6/h2,22H,1H3;1H2,2H3,(H,5,6). The van der Waals surface area contributed by atoms with Crippen molar-refractivity contribution in [3.05, 3.63) is 12.2 Å². The quantitative estimate of drug-likeness (QED) is 0.454. The summed E-state index contributed by atoms with van der Waals surface area (Å²) in [6.45, 7) is 4.31. The topological polar surface area (TPSA) is 57.5 Å². The van der Waals surface area contributed by atoms with Crippen molar-refractivity contribution in [2.24, 2.45) is 0 Å². The van der Waals surface area contributed by atoms with E-state index in [1.165, 1.54) is 6.92 Å². The van der Waals surface area contributed by atoms with E-state index >= 15 is 0 Å². The Morgan fingerprint density at radius 1 is 0.750 bits per heavy atom. The molecule has 0 aromatic carbocycles. The molecule has 168 valence electrons. The van der Waals surface area contributed by atoms with Gasteiger partial charge in [-0.15, -0.1) is 0 Å². The maximum Gasteiger partial charge on any atom is 0.460 e. The highest BCUT2D eigenvalue weighted by Gasteiger charge is 2.91. The van der Waals surface area contributed by atoms with Crippen molar-refractivity contribution >= 4 is 5.97 Å². The third kappa shape index (κ3) is 4.63. The number of carboxylic acid groups (broad SMARTS) is 1. The lowest BCUT2D eigenvalue weighted by molar-refractivity contribution is -0.443. The molecule has 0 bridgehead atoms. The van der Waals surface area contributed by atoms with Crippen LogP contribution in [0.4, 0.5) is 57.1 Å². The molecule has 0 aromatic rings. The molecule has 0 saturated heterocycles. The van der Waals surface area contributed by atoms with Gasteiger partial charge in [-0.1, -0.05) is 6.58 Å². The molecule has 0 fully saturated rings. The summed E-state index contributed by atoms with van der Waals surface area (Å²) < 4.78 is 162. The fourth-order valence-electron chi connectivity index (χ4n) is 1.04. The monoisotopic (exact) mass is 450 g/mol. The van der Waals surface area contributed by atoms with E-state index < -0.39 is 47.9 Å². The van der Waals surface area contributed by atoms with E-state index in [1.807, 2.05) is 0 Å². The van der Waals surface area contributed by atoms with Gasteiger partial charge in [0, 0.05) is 5.57 Å². The molecule has 0 rings (SSSR count). The first-order valence-electron chi connectivity index (χ1n) is 6.36. The summed E-state index contributed by atoms with van der Waals surface area (Å²) in [7, 11) is 0. The Morgan fingerprint density at radius 3 is 1.18 bits per heavy atom. The van der Waals surface area contributed by atoms with Gasteiger partial charge in [0.1, 0.15) is 6.10 Å². The van der Waals surface area contributed by atoms with Crippen molar-refractivity contribution in [1.29, 1.82) is 0 Å². The molecular weight excluding hydrogens is 439 g/mol. The summed E-state index contributed by atoms with van der Waals surface area (Å²) in [6.07, 6.45) is -11.2. The molecule has 0 amide bonds. The second kappa shape index (κ2) is 7.94. The van der Waals surface area contributed by atoms with Crippen LogP contribution in [0.1, 0.15) is 13.8 Å². The highest BCUT2D eigenvalue weighted by atomic mass is 19.4. The van der Waals surface area contributed by atoms with E-state index in [0.29, 0.717) is 0 Å². The first-order valence-corrected chi connectivity index (χ1v) is 6.36. The number of aliphatic hydroxyl groups is 1. The van der Waals surface area contributed by atoms with E-state index in [1.54, 1.807) is 0 Å². The van der Waals surface area contributed by atoms with Crippen molar-refractivity contribution in [1.82, 2.24) is 0 Å². The molecule has 28 heavy (non-hydrogen) atoms. The van der Waals surface area contributed by atoms with Crippen LogP contribution in [0.2, 0.25) is 0 Å². The minimum Gasteiger partial charge on any atom is -0.478 e. The van der Waals surface area contributed by atoms with Crippen molar-refractivity contribution < 1.29 is 72.1 Å². The molecule has 1 unspecified atom stereocenters. The number of halogens is 13. The van der Waals surface area contributed by atoms with Gasteiger partial charge >= 0.3 is 41.8 Å². The summed E-state index contributed by atoms with van der Waals surface area (Å²) in [5, 5.41) is 16.1. The number of carboxylic acids is 1. The van der Waals surface area contributed by atoms with E-state index in [2.05, 4.69) is 6.58 Å². The average molecular weight is 450 g/mol. The molecular formula is C12H11F13O3. The van der Waals surface area contributed by atoms with Crippen LogP contribution in [0, 0.1) is 0 Å². The molecule has 16 heteroatoms. The van der Waals surface area contributed by atoms with Crippen molar-refractivity contribution in [2.75, 3.05) is 0 Å². The number of carbonyl (C=O) groups is 1. The average Bonchev–Trinajstić information content (AvgIpc) is 2.45. The number of aliphatic hydroxyl groups excluding tert-OH is 1. The lowest BCUT2D eigenvalue weighted by Crippen LogP contribution is -2.71. The Labute approximate surface area is 147 Å². The van der Waals surface area contributed by atoms with Crippen LogP contribution >= 0.6 is 0 Å². The van der Waals surface area contributed by atoms with Gasteiger partial charge in [-0.2, -0.15) is 57.1 Å². The number of alkyl halides is 13. The Hall–Kier alpha value is -1.74. The van der Waals surface area contributed by atoms with E-state index in [-0.39, 0.29) is 12.5 Å². The lowest BCUT2D eigenvalue weighted by atomic mass is 9.92. The fraction of sp³-hybridized carbons (Fsp3) is 0.750. The van der Waals surface area contributed by atoms with Gasteiger partial charge in [0.15, 0.2) is 0 Å². The van der Waals surface area contributed by atoms with Gasteiger partial charge in [-0.05, 0) is 13.8 Å². The maximum absolute atomic E-state index is 12.8. The first kappa shape index (κ1) is 28.5. The van der Waals surface area contributed by atoms with E-state index in [9.17, 15) is 61.9 Å². The molecule has 2 N–H and O–H groups in total. The van der Waals surface area contributed by atoms with Crippen molar-refractivity contribution in [3.8, 4) is 0 Å². The molecule has 0 saturated carbocycles. The van der Waals surface area contributed by atoms with Crippen molar-refractivity contribution in [2.45, 2.75) is 55.7 Å². The summed E-state index contributed by atoms with van der Waals surface area (Å²) in [5.74, 6) is -38.3. The first-order chi connectivity index (χ1) is 11.8. The molecule has 0 heterocycles. The third-order valence-corrected chi connectivity index (χ3v) is 2.85. The van der Waals surface area contributed by atoms with Crippen LogP contribution in [0.3, 0.4) is 0 Å². The zero-order valence-corrected chi connectivity index (χ0v) is 13.5. The summed E-state index contributed by atoms with van der Waals surface area (Å²) in [4.78, 5) is 9.60. The van der Waals surface area contributed by atoms with Gasteiger partial charge in [-0.3, -0.25) is 0 Å². The predicted octanol–water partition coefficient (Wildman–Crippen LogP) is 4.75. The van der Waals surface area contributed by atoms with Gasteiger partial charge in [0.25, 0.3) is 0 Å². The van der Waals surface area contributed by atoms with Gasteiger partial charge in [0.05, 0.1) is 0 Å². The maximum atomic E-state index is 12.8. The van der Waals surface area contributed by atoms with Crippen molar-refractivity contribution in [3.63, 3.8) is 0 Å². The molecule has 0 radical (unpaired) electrons. The highest BCUT2D eigenvalue weighted by molar-refractivity contribution is 5.84. The number of aliphatic carboxylic acids is 1. The second-order valence-corrected chi connectivity index (χ2v) is 5.18. The Balaban J connectivity index is 0. The van der Waals surface area contributed by atoms with Crippen LogP contribution < -0.4 is 0 Å². The minimum atomic E-state index is -7.93. The van der Waals surface area contributed by atoms with Crippen LogP contribution in [-0.2, 0) is 4.79 Å². The fourth-order valence-corrected chi connectivity index (χ4v) is 1.04.